The van der Waals surface area contributed by atoms with Crippen LogP contribution in [0.3, 0.4) is 0 Å². The van der Waals surface area contributed by atoms with Crippen LogP contribution in [0, 0.1) is 6.92 Å². The number of nitrogens with zero attached hydrogens (tertiary/aromatic N) is 2. The van der Waals surface area contributed by atoms with E-state index in [1.54, 1.807) is 37.7 Å². The van der Waals surface area contributed by atoms with Crippen LogP contribution in [0.2, 0.25) is 0 Å². The third-order valence-electron chi connectivity index (χ3n) is 5.81. The molecule has 1 aliphatic rings. The van der Waals surface area contributed by atoms with Gasteiger partial charge in [-0.25, -0.2) is 9.79 Å². The average Bonchev–Trinajstić information content (AvgIpc) is 3.15. The van der Waals surface area contributed by atoms with Crippen molar-refractivity contribution in [3.8, 4) is 11.5 Å². The second kappa shape index (κ2) is 10.8. The summed E-state index contributed by atoms with van der Waals surface area (Å²) >= 11 is 4.84. The van der Waals surface area contributed by atoms with Crippen LogP contribution in [0.5, 0.6) is 11.5 Å². The van der Waals surface area contributed by atoms with E-state index < -0.39 is 12.0 Å². The predicted octanol–water partition coefficient (Wildman–Crippen LogP) is 4.28. The molecule has 0 saturated heterocycles. The van der Waals surface area contributed by atoms with Gasteiger partial charge < -0.3 is 14.2 Å². The number of rotatable bonds is 7. The Morgan fingerprint density at radius 3 is 2.58 bits per heavy atom. The first kappa shape index (κ1) is 25.9. The molecule has 1 aliphatic heterocycles. The molecule has 4 rings (SSSR count). The first-order chi connectivity index (χ1) is 17.3. The molecule has 0 spiro atoms. The smallest absolute Gasteiger partial charge is 0.338 e. The molecule has 0 unspecified atom stereocenters. The number of carbonyl (C=O) groups is 1. The molecule has 0 fully saturated rings. The van der Waals surface area contributed by atoms with Crippen LogP contribution in [0.4, 0.5) is 0 Å². The SMILES string of the molecule is CCOC(=O)C1=C(C)N=c2s/c(=C\c3ccc(C)c(Br)c3)c(=O)n2[C@@H]1c1ccc(OC)c(OCC)c1. The van der Waals surface area contributed by atoms with Gasteiger partial charge in [-0.05, 0) is 68.7 Å². The number of aryl methyl sites for hydroxylation is 1. The molecule has 9 heteroatoms. The standard InChI is InChI=1S/C27H27BrN2O5S/c1-6-34-21-14-18(10-11-20(21)33-5)24-23(26(32)35-7-2)16(4)29-27-30(24)25(31)22(36-27)13-17-9-8-15(3)19(28)12-17/h8-14,24H,6-7H2,1-5H3/b22-13-/t24-/m1/s1. The third-order valence-corrected chi connectivity index (χ3v) is 7.65. The van der Waals surface area contributed by atoms with E-state index in [2.05, 4.69) is 20.9 Å². The number of halogens is 1. The lowest BCUT2D eigenvalue weighted by molar-refractivity contribution is -0.139. The number of methoxy groups -OCH3 is 1. The van der Waals surface area contributed by atoms with Gasteiger partial charge >= 0.3 is 5.97 Å². The Balaban J connectivity index is 1.96. The molecule has 0 saturated carbocycles. The number of fused-ring (bicyclic) bond motifs is 1. The van der Waals surface area contributed by atoms with Crippen molar-refractivity contribution < 1.29 is 19.0 Å². The number of esters is 1. The minimum Gasteiger partial charge on any atom is -0.493 e. The van der Waals surface area contributed by atoms with Crippen LogP contribution < -0.4 is 24.4 Å². The second-order valence-corrected chi connectivity index (χ2v) is 10.0. The Hall–Kier alpha value is -3.17. The molecule has 0 aliphatic carbocycles. The lowest BCUT2D eigenvalue weighted by atomic mass is 9.95. The van der Waals surface area contributed by atoms with Crippen LogP contribution >= 0.6 is 27.3 Å². The Morgan fingerprint density at radius 2 is 1.92 bits per heavy atom. The van der Waals surface area contributed by atoms with Crippen LogP contribution in [-0.4, -0.2) is 30.9 Å². The number of benzene rings is 2. The molecule has 1 aromatic heterocycles. The van der Waals surface area contributed by atoms with E-state index in [1.165, 1.54) is 11.3 Å². The summed E-state index contributed by atoms with van der Waals surface area (Å²) in [6.07, 6.45) is 1.84. The highest BCUT2D eigenvalue weighted by atomic mass is 79.9. The number of hydrogen-bond donors (Lipinski definition) is 0. The number of carbonyl (C=O) groups excluding carboxylic acids is 1. The van der Waals surface area contributed by atoms with Crippen molar-refractivity contribution in [3.05, 3.63) is 88.5 Å². The van der Waals surface area contributed by atoms with Crippen molar-refractivity contribution in [2.24, 2.45) is 4.99 Å². The summed E-state index contributed by atoms with van der Waals surface area (Å²) in [5.41, 5.74) is 3.29. The maximum Gasteiger partial charge on any atom is 0.338 e. The first-order valence-corrected chi connectivity index (χ1v) is 13.2. The van der Waals surface area contributed by atoms with Gasteiger partial charge in [0.2, 0.25) is 0 Å². The normalized spacial score (nSPS) is 15.4. The fraction of sp³-hybridized carbons (Fsp3) is 0.296. The van der Waals surface area contributed by atoms with E-state index in [0.717, 1.165) is 15.6 Å². The molecule has 188 valence electrons. The molecule has 2 aromatic carbocycles. The summed E-state index contributed by atoms with van der Waals surface area (Å²) in [6, 6.07) is 10.6. The van der Waals surface area contributed by atoms with Crippen molar-refractivity contribution in [2.75, 3.05) is 20.3 Å². The molecule has 0 amide bonds. The number of hydrogen-bond acceptors (Lipinski definition) is 7. The van der Waals surface area contributed by atoms with E-state index in [0.29, 0.717) is 44.3 Å². The van der Waals surface area contributed by atoms with Gasteiger partial charge in [-0.2, -0.15) is 0 Å². The zero-order valence-electron chi connectivity index (χ0n) is 20.8. The van der Waals surface area contributed by atoms with Gasteiger partial charge in [-0.1, -0.05) is 45.5 Å². The fourth-order valence-corrected chi connectivity index (χ4v) is 5.53. The monoisotopic (exact) mass is 570 g/mol. The lowest BCUT2D eigenvalue weighted by Crippen LogP contribution is -2.40. The molecular weight excluding hydrogens is 544 g/mol. The number of aromatic nitrogens is 1. The van der Waals surface area contributed by atoms with E-state index >= 15 is 0 Å². The van der Waals surface area contributed by atoms with E-state index in [1.807, 2.05) is 44.2 Å². The second-order valence-electron chi connectivity index (χ2n) is 8.15. The molecule has 36 heavy (non-hydrogen) atoms. The molecule has 1 atom stereocenters. The van der Waals surface area contributed by atoms with Gasteiger partial charge in [-0.3, -0.25) is 9.36 Å². The van der Waals surface area contributed by atoms with Crippen molar-refractivity contribution >= 4 is 39.3 Å². The average molecular weight is 571 g/mol. The third kappa shape index (κ3) is 4.90. The van der Waals surface area contributed by atoms with Crippen molar-refractivity contribution in [1.82, 2.24) is 4.57 Å². The van der Waals surface area contributed by atoms with Crippen LogP contribution in [0.1, 0.15) is 43.5 Å². The fourth-order valence-electron chi connectivity index (χ4n) is 4.09. The first-order valence-electron chi connectivity index (χ1n) is 11.6. The van der Waals surface area contributed by atoms with Gasteiger partial charge in [-0.15, -0.1) is 0 Å². The largest absolute Gasteiger partial charge is 0.493 e. The van der Waals surface area contributed by atoms with Crippen molar-refractivity contribution in [3.63, 3.8) is 0 Å². The van der Waals surface area contributed by atoms with E-state index in [4.69, 9.17) is 14.2 Å². The quantitative estimate of drug-likeness (QED) is 0.396. The van der Waals surface area contributed by atoms with Crippen LogP contribution in [-0.2, 0) is 9.53 Å². The minimum absolute atomic E-state index is 0.210. The molecule has 0 N–H and O–H groups in total. The lowest BCUT2D eigenvalue weighted by Gasteiger charge is -2.25. The highest BCUT2D eigenvalue weighted by Gasteiger charge is 2.34. The molecular formula is C27H27BrN2O5S. The highest BCUT2D eigenvalue weighted by molar-refractivity contribution is 9.10. The molecule has 3 aromatic rings. The van der Waals surface area contributed by atoms with Gasteiger partial charge in [0.05, 0.1) is 42.2 Å². The Labute approximate surface area is 221 Å². The van der Waals surface area contributed by atoms with Gasteiger partial charge in [0, 0.05) is 4.47 Å². The predicted molar refractivity (Wildman–Crippen MR) is 143 cm³/mol. The van der Waals surface area contributed by atoms with Gasteiger partial charge in [0.1, 0.15) is 0 Å². The molecule has 0 radical (unpaired) electrons. The van der Waals surface area contributed by atoms with Crippen LogP contribution in [0.15, 0.2) is 61.9 Å². The Morgan fingerprint density at radius 1 is 1.14 bits per heavy atom. The van der Waals surface area contributed by atoms with Gasteiger partial charge in [0.15, 0.2) is 16.3 Å². The van der Waals surface area contributed by atoms with E-state index in [9.17, 15) is 9.59 Å². The number of thiazole rings is 1. The molecule has 2 heterocycles. The van der Waals surface area contributed by atoms with Gasteiger partial charge in [0.25, 0.3) is 5.56 Å². The molecule has 0 bridgehead atoms. The highest BCUT2D eigenvalue weighted by Crippen LogP contribution is 2.36. The summed E-state index contributed by atoms with van der Waals surface area (Å²) in [5.74, 6) is 0.590. The number of ether oxygens (including phenoxy) is 3. The Kier molecular flexibility index (Phi) is 7.80. The summed E-state index contributed by atoms with van der Waals surface area (Å²) in [5, 5.41) is 0. The molecule has 7 nitrogen and oxygen atoms in total. The summed E-state index contributed by atoms with van der Waals surface area (Å²) in [7, 11) is 1.57. The van der Waals surface area contributed by atoms with E-state index in [-0.39, 0.29) is 12.2 Å². The number of allylic oxidation sites excluding steroid dienone is 1. The zero-order chi connectivity index (χ0) is 26.0. The van der Waals surface area contributed by atoms with Crippen molar-refractivity contribution in [1.29, 1.82) is 0 Å². The van der Waals surface area contributed by atoms with Crippen LogP contribution in [0.25, 0.3) is 6.08 Å². The zero-order valence-corrected chi connectivity index (χ0v) is 23.2. The summed E-state index contributed by atoms with van der Waals surface area (Å²) < 4.78 is 19.6. The summed E-state index contributed by atoms with van der Waals surface area (Å²) in [6.45, 7) is 8.05. The van der Waals surface area contributed by atoms with Crippen molar-refractivity contribution in [2.45, 2.75) is 33.7 Å². The maximum atomic E-state index is 13.8. The topological polar surface area (TPSA) is 79.1 Å². The minimum atomic E-state index is -0.725. The maximum absolute atomic E-state index is 13.8. The summed E-state index contributed by atoms with van der Waals surface area (Å²) in [4.78, 5) is 32.0. The Bertz CT molecular complexity index is 1540.